The lowest BCUT2D eigenvalue weighted by Gasteiger charge is -2.42. The quantitative estimate of drug-likeness (QED) is 0.847. The molecule has 0 N–H and O–H groups in total. The van der Waals surface area contributed by atoms with Crippen molar-refractivity contribution in [3.63, 3.8) is 0 Å². The van der Waals surface area contributed by atoms with Gasteiger partial charge in [-0.25, -0.2) is 3.63 Å². The zero-order valence-electron chi connectivity index (χ0n) is 11.6. The van der Waals surface area contributed by atoms with Crippen molar-refractivity contribution in [2.45, 2.75) is 35.7 Å². The zero-order valence-corrected chi connectivity index (χ0v) is 14.0. The van der Waals surface area contributed by atoms with E-state index in [9.17, 15) is 8.42 Å². The van der Waals surface area contributed by atoms with Crippen LogP contribution in [0.4, 0.5) is 0 Å². The van der Waals surface area contributed by atoms with Crippen LogP contribution in [0.25, 0.3) is 0 Å². The predicted octanol–water partition coefficient (Wildman–Crippen LogP) is 3.68. The molecule has 2 unspecified atom stereocenters. The fourth-order valence-electron chi connectivity index (χ4n) is 2.83. The maximum absolute atomic E-state index is 12.5. The van der Waals surface area contributed by atoms with Crippen LogP contribution in [-0.2, 0) is 13.7 Å². The fraction of sp³-hybridized carbons (Fsp3) is 0.571. The van der Waals surface area contributed by atoms with E-state index in [0.29, 0.717) is 9.48 Å². The molecule has 0 aliphatic carbocycles. The lowest BCUT2D eigenvalue weighted by atomic mass is 10.2. The second-order valence-electron chi connectivity index (χ2n) is 5.41. The summed E-state index contributed by atoms with van der Waals surface area (Å²) in [5.41, 5.74) is 1.06. The van der Waals surface area contributed by atoms with Gasteiger partial charge < -0.3 is 0 Å². The third-order valence-corrected chi connectivity index (χ3v) is 12.3. The van der Waals surface area contributed by atoms with Gasteiger partial charge in [-0.3, -0.25) is 0 Å². The number of aryl methyl sites for hydroxylation is 1. The highest BCUT2D eigenvalue weighted by Crippen LogP contribution is 2.67. The molecule has 3 rings (SSSR count). The van der Waals surface area contributed by atoms with Crippen LogP contribution in [0.15, 0.2) is 29.2 Å². The SMILES string of the molecule is Cc1ccc(S(=O)(=O)OS23CCCSC2CCC3)cc1. The normalized spacial score (nSPS) is 33.4. The van der Waals surface area contributed by atoms with Crippen LogP contribution in [0, 0.1) is 6.92 Å². The van der Waals surface area contributed by atoms with E-state index < -0.39 is 20.4 Å². The van der Waals surface area contributed by atoms with Crippen LogP contribution >= 0.6 is 22.1 Å². The summed E-state index contributed by atoms with van der Waals surface area (Å²) in [5, 5.41) is 0. The molecule has 2 saturated heterocycles. The summed E-state index contributed by atoms with van der Waals surface area (Å²) in [4.78, 5) is 0.297. The summed E-state index contributed by atoms with van der Waals surface area (Å²) in [7, 11) is -5.06. The molecule has 112 valence electrons. The number of fused-ring (bicyclic) bond motifs is 1. The molecule has 6 heteroatoms. The first-order chi connectivity index (χ1) is 9.52. The minimum Gasteiger partial charge on any atom is -0.215 e. The Kier molecular flexibility index (Phi) is 4.10. The molecule has 0 saturated carbocycles. The van der Waals surface area contributed by atoms with E-state index in [2.05, 4.69) is 0 Å². The fourth-order valence-corrected chi connectivity index (χ4v) is 11.8. The van der Waals surface area contributed by atoms with Crippen molar-refractivity contribution < 1.29 is 12.0 Å². The molecule has 2 heterocycles. The van der Waals surface area contributed by atoms with Crippen LogP contribution in [0.5, 0.6) is 0 Å². The Labute approximate surface area is 127 Å². The molecule has 0 radical (unpaired) electrons. The standard InChI is InChI=1S/C14H20O3S3/c1-12-5-7-13(8-6-12)20(15,16)17-19-10-2-4-14(19)18-9-3-11-19/h5-8,14H,2-4,9-11H2,1H3. The molecule has 0 bridgehead atoms. The summed E-state index contributed by atoms with van der Waals surface area (Å²) in [6.45, 7) is 1.95. The van der Waals surface area contributed by atoms with Gasteiger partial charge in [-0.05, 0) is 44.1 Å². The van der Waals surface area contributed by atoms with E-state index >= 15 is 0 Å². The highest BCUT2D eigenvalue weighted by atomic mass is 32.3. The lowest BCUT2D eigenvalue weighted by molar-refractivity contribution is 0.509. The van der Waals surface area contributed by atoms with Gasteiger partial charge in [-0.1, -0.05) is 17.7 Å². The molecule has 0 spiro atoms. The van der Waals surface area contributed by atoms with Crippen molar-refractivity contribution in [1.82, 2.24) is 0 Å². The topological polar surface area (TPSA) is 43.4 Å². The summed E-state index contributed by atoms with van der Waals surface area (Å²) in [6.07, 6.45) is 3.31. The smallest absolute Gasteiger partial charge is 0.215 e. The first-order valence-electron chi connectivity index (χ1n) is 6.94. The first kappa shape index (κ1) is 14.8. The second-order valence-corrected chi connectivity index (χ2v) is 12.1. The van der Waals surface area contributed by atoms with Gasteiger partial charge in [0.1, 0.15) is 0 Å². The number of benzene rings is 1. The third-order valence-electron chi connectivity index (χ3n) is 3.88. The van der Waals surface area contributed by atoms with Crippen molar-refractivity contribution in [3.8, 4) is 0 Å². The minimum atomic E-state index is -3.62. The molecule has 2 aliphatic rings. The minimum absolute atomic E-state index is 0.297. The molecule has 0 aromatic heterocycles. The Hall–Kier alpha value is -0.170. The van der Waals surface area contributed by atoms with Gasteiger partial charge in [0.2, 0.25) is 0 Å². The van der Waals surface area contributed by atoms with Crippen LogP contribution in [0.3, 0.4) is 0 Å². The molecule has 2 fully saturated rings. The van der Waals surface area contributed by atoms with E-state index in [1.54, 1.807) is 12.1 Å². The van der Waals surface area contributed by atoms with Crippen molar-refractivity contribution in [2.24, 2.45) is 0 Å². The van der Waals surface area contributed by atoms with Crippen LogP contribution in [0.2, 0.25) is 0 Å². The number of hydrogen-bond acceptors (Lipinski definition) is 4. The van der Waals surface area contributed by atoms with Crippen LogP contribution in [-0.4, -0.2) is 30.3 Å². The Morgan fingerprint density at radius 1 is 1.20 bits per heavy atom. The van der Waals surface area contributed by atoms with Crippen molar-refractivity contribution in [2.75, 3.05) is 17.3 Å². The first-order valence-corrected chi connectivity index (χ1v) is 11.4. The van der Waals surface area contributed by atoms with Gasteiger partial charge in [0.05, 0.1) is 9.48 Å². The molecule has 2 atom stereocenters. The van der Waals surface area contributed by atoms with Gasteiger partial charge in [0, 0.05) is 11.5 Å². The predicted molar refractivity (Wildman–Crippen MR) is 86.9 cm³/mol. The molecule has 0 amide bonds. The van der Waals surface area contributed by atoms with E-state index in [1.807, 2.05) is 30.8 Å². The number of rotatable bonds is 3. The highest BCUT2D eigenvalue weighted by molar-refractivity contribution is 8.40. The van der Waals surface area contributed by atoms with Gasteiger partial charge >= 0.3 is 10.1 Å². The number of thioether (sulfide) groups is 1. The summed E-state index contributed by atoms with van der Waals surface area (Å²) in [5.74, 6) is 3.05. The van der Waals surface area contributed by atoms with Gasteiger partial charge in [-0.2, -0.15) is 8.42 Å². The van der Waals surface area contributed by atoms with E-state index in [1.165, 1.54) is 0 Å². The third kappa shape index (κ3) is 2.75. The number of hydrogen-bond donors (Lipinski definition) is 0. The average molecular weight is 333 g/mol. The molecule has 1 aromatic rings. The van der Waals surface area contributed by atoms with Gasteiger partial charge in [0.15, 0.2) is 0 Å². The maximum atomic E-state index is 12.5. The van der Waals surface area contributed by atoms with E-state index in [0.717, 1.165) is 42.1 Å². The second kappa shape index (κ2) is 5.55. The molecular formula is C14H20O3S3. The van der Waals surface area contributed by atoms with Crippen molar-refractivity contribution in [3.05, 3.63) is 29.8 Å². The van der Waals surface area contributed by atoms with Crippen LogP contribution < -0.4 is 0 Å². The Morgan fingerprint density at radius 2 is 1.90 bits per heavy atom. The molecule has 20 heavy (non-hydrogen) atoms. The molecule has 2 aliphatic heterocycles. The van der Waals surface area contributed by atoms with E-state index in [4.69, 9.17) is 3.63 Å². The molecule has 3 nitrogen and oxygen atoms in total. The Bertz CT molecular complexity index is 582. The summed E-state index contributed by atoms with van der Waals surface area (Å²) < 4.78 is 31.4. The zero-order chi connectivity index (χ0) is 14.2. The monoisotopic (exact) mass is 332 g/mol. The van der Waals surface area contributed by atoms with E-state index in [-0.39, 0.29) is 0 Å². The van der Waals surface area contributed by atoms with Gasteiger partial charge in [0.25, 0.3) is 0 Å². The van der Waals surface area contributed by atoms with Crippen molar-refractivity contribution in [1.29, 1.82) is 0 Å². The Balaban J connectivity index is 1.87. The highest BCUT2D eigenvalue weighted by Gasteiger charge is 2.44. The van der Waals surface area contributed by atoms with Crippen molar-refractivity contribution >= 4 is 32.2 Å². The maximum Gasteiger partial charge on any atom is 0.306 e. The molecule has 1 aromatic carbocycles. The summed E-state index contributed by atoms with van der Waals surface area (Å²) in [6, 6.07) is 6.96. The molecular weight excluding hydrogens is 312 g/mol. The average Bonchev–Trinajstić information content (AvgIpc) is 2.81. The Morgan fingerprint density at radius 3 is 2.65 bits per heavy atom. The lowest BCUT2D eigenvalue weighted by Crippen LogP contribution is -2.25. The van der Waals surface area contributed by atoms with Gasteiger partial charge in [-0.15, -0.1) is 22.1 Å². The van der Waals surface area contributed by atoms with Crippen LogP contribution in [0.1, 0.15) is 24.8 Å². The largest absolute Gasteiger partial charge is 0.306 e. The summed E-state index contributed by atoms with van der Waals surface area (Å²) >= 11 is 1.92.